The molecule has 0 spiro atoms. The lowest BCUT2D eigenvalue weighted by atomic mass is 10.2. The summed E-state index contributed by atoms with van der Waals surface area (Å²) in [4.78, 5) is 19.8. The van der Waals surface area contributed by atoms with E-state index in [0.29, 0.717) is 12.7 Å². The largest absolute Gasteiger partial charge is 0.433 e. The number of nitrogens with one attached hydrogen (secondary N) is 2. The van der Waals surface area contributed by atoms with Crippen molar-refractivity contribution in [2.45, 2.75) is 19.0 Å². The van der Waals surface area contributed by atoms with Gasteiger partial charge in [0.25, 0.3) is 5.92 Å². The molecular weight excluding hydrogens is 461 g/mol. The minimum Gasteiger partial charge on any atom is -0.324 e. The molecule has 2 N–H and O–H groups in total. The van der Waals surface area contributed by atoms with E-state index in [4.69, 9.17) is 0 Å². The Hall–Kier alpha value is -4.23. The summed E-state index contributed by atoms with van der Waals surface area (Å²) in [5.41, 5.74) is -1.58. The third-order valence-corrected chi connectivity index (χ3v) is 4.43. The van der Waals surface area contributed by atoms with Gasteiger partial charge in [0.2, 0.25) is 11.9 Å². The first kappa shape index (κ1) is 22.9. The number of rotatable bonds is 6. The molecule has 4 aromatic heterocycles. The van der Waals surface area contributed by atoms with E-state index >= 15 is 0 Å². The van der Waals surface area contributed by atoms with E-state index in [1.165, 1.54) is 29.1 Å². The molecule has 14 heteroatoms. The van der Waals surface area contributed by atoms with Crippen LogP contribution in [0.15, 0.2) is 48.8 Å². The average Bonchev–Trinajstić information content (AvgIpc) is 3.17. The van der Waals surface area contributed by atoms with Crippen LogP contribution < -0.4 is 10.6 Å². The number of aromatic nitrogens is 7. The van der Waals surface area contributed by atoms with Gasteiger partial charge in [-0.05, 0) is 24.3 Å². The molecule has 0 aliphatic heterocycles. The summed E-state index contributed by atoms with van der Waals surface area (Å²) in [7, 11) is 1.66. The molecule has 0 amide bonds. The lowest BCUT2D eigenvalue weighted by Gasteiger charge is -2.13. The zero-order chi connectivity index (χ0) is 24.5. The van der Waals surface area contributed by atoms with E-state index < -0.39 is 23.5 Å². The second-order valence-corrected chi connectivity index (χ2v) is 7.12. The van der Waals surface area contributed by atoms with E-state index in [1.54, 1.807) is 13.1 Å². The maximum atomic E-state index is 13.8. The Labute approximate surface area is 189 Å². The molecular formula is C20H16F5N9. The predicted octanol–water partition coefficient (Wildman–Crippen LogP) is 4.68. The van der Waals surface area contributed by atoms with Gasteiger partial charge in [0.05, 0.1) is 6.20 Å². The molecule has 0 bridgehead atoms. The van der Waals surface area contributed by atoms with E-state index in [2.05, 4.69) is 40.7 Å². The summed E-state index contributed by atoms with van der Waals surface area (Å²) in [5, 5.41) is 9.58. The number of hydrogen-bond donors (Lipinski definition) is 2. The Morgan fingerprint density at radius 1 is 0.824 bits per heavy atom. The summed E-state index contributed by atoms with van der Waals surface area (Å²) in [6.07, 6.45) is -2.14. The van der Waals surface area contributed by atoms with Crippen LogP contribution in [-0.2, 0) is 19.1 Å². The fraction of sp³-hybridized carbons (Fsp3) is 0.200. The zero-order valence-corrected chi connectivity index (χ0v) is 17.6. The fourth-order valence-corrected chi connectivity index (χ4v) is 2.81. The number of halogens is 5. The van der Waals surface area contributed by atoms with Gasteiger partial charge in [-0.3, -0.25) is 9.67 Å². The Kier molecular flexibility index (Phi) is 5.81. The van der Waals surface area contributed by atoms with Gasteiger partial charge < -0.3 is 10.6 Å². The maximum Gasteiger partial charge on any atom is 0.433 e. The third-order valence-electron chi connectivity index (χ3n) is 4.43. The molecule has 4 heterocycles. The van der Waals surface area contributed by atoms with Crippen LogP contribution in [0.2, 0.25) is 0 Å². The van der Waals surface area contributed by atoms with Crippen molar-refractivity contribution in [3.05, 3.63) is 60.2 Å². The number of anilines is 4. The van der Waals surface area contributed by atoms with E-state index in [0.717, 1.165) is 18.3 Å². The second kappa shape index (κ2) is 8.61. The Morgan fingerprint density at radius 3 is 2.21 bits per heavy atom. The number of aryl methyl sites for hydroxylation is 1. The van der Waals surface area contributed by atoms with E-state index in [1.807, 2.05) is 0 Å². The van der Waals surface area contributed by atoms with E-state index in [9.17, 15) is 22.0 Å². The van der Waals surface area contributed by atoms with Crippen molar-refractivity contribution in [1.29, 1.82) is 0 Å². The number of pyridine rings is 2. The Bertz CT molecular complexity index is 1310. The number of hydrogen-bond acceptors (Lipinski definition) is 8. The minimum absolute atomic E-state index is 0.00718. The van der Waals surface area contributed by atoms with Gasteiger partial charge >= 0.3 is 6.18 Å². The second-order valence-electron chi connectivity index (χ2n) is 7.12. The molecule has 4 aromatic rings. The number of nitrogens with zero attached hydrogens (tertiary/aromatic N) is 7. The lowest BCUT2D eigenvalue weighted by Crippen LogP contribution is -2.12. The molecule has 0 aromatic carbocycles. The van der Waals surface area contributed by atoms with Crippen LogP contribution in [0.4, 0.5) is 45.4 Å². The standard InChI is InChI=1S/C20H16F5N9/c1-19(21,22)13-5-3-4-12(29-13)16-31-17(28-11-6-8-26-14(10-11)20(23,24)25)33-18(32-16)30-15-7-9-27-34(15)2/h3-10H,1-2H3,(H2,26,28,30,31,32,33). The fourth-order valence-electron chi connectivity index (χ4n) is 2.81. The summed E-state index contributed by atoms with van der Waals surface area (Å²) >= 11 is 0. The van der Waals surface area contributed by atoms with Gasteiger partial charge in [0, 0.05) is 31.9 Å². The predicted molar refractivity (Wildman–Crippen MR) is 112 cm³/mol. The highest BCUT2D eigenvalue weighted by atomic mass is 19.4. The van der Waals surface area contributed by atoms with Gasteiger partial charge in [0.1, 0.15) is 22.9 Å². The van der Waals surface area contributed by atoms with Crippen molar-refractivity contribution in [1.82, 2.24) is 34.7 Å². The highest BCUT2D eigenvalue weighted by Crippen LogP contribution is 2.30. The summed E-state index contributed by atoms with van der Waals surface area (Å²) in [6.45, 7) is 0.705. The average molecular weight is 477 g/mol. The van der Waals surface area contributed by atoms with Crippen LogP contribution in [-0.4, -0.2) is 34.7 Å². The third kappa shape index (κ3) is 5.22. The molecule has 0 fully saturated rings. The molecule has 0 saturated carbocycles. The minimum atomic E-state index is -4.65. The first-order valence-corrected chi connectivity index (χ1v) is 9.66. The summed E-state index contributed by atoms with van der Waals surface area (Å²) in [5.74, 6) is -2.96. The zero-order valence-electron chi connectivity index (χ0n) is 17.6. The van der Waals surface area contributed by atoms with Crippen molar-refractivity contribution < 1.29 is 22.0 Å². The van der Waals surface area contributed by atoms with Crippen LogP contribution in [0.25, 0.3) is 11.5 Å². The van der Waals surface area contributed by atoms with E-state index in [-0.39, 0.29) is 29.1 Å². The highest BCUT2D eigenvalue weighted by Gasteiger charge is 2.32. The highest BCUT2D eigenvalue weighted by molar-refractivity contribution is 5.61. The van der Waals surface area contributed by atoms with Crippen LogP contribution in [0.1, 0.15) is 18.3 Å². The quantitative estimate of drug-likeness (QED) is 0.386. The van der Waals surface area contributed by atoms with Crippen LogP contribution >= 0.6 is 0 Å². The van der Waals surface area contributed by atoms with Gasteiger partial charge in [-0.2, -0.15) is 42.0 Å². The van der Waals surface area contributed by atoms with Crippen molar-refractivity contribution in [3.63, 3.8) is 0 Å². The smallest absolute Gasteiger partial charge is 0.324 e. The monoisotopic (exact) mass is 477 g/mol. The van der Waals surface area contributed by atoms with Crippen LogP contribution in [0, 0.1) is 0 Å². The van der Waals surface area contributed by atoms with Crippen LogP contribution in [0.5, 0.6) is 0 Å². The molecule has 34 heavy (non-hydrogen) atoms. The summed E-state index contributed by atoms with van der Waals surface area (Å²) in [6, 6.07) is 7.67. The van der Waals surface area contributed by atoms with Gasteiger partial charge in [-0.15, -0.1) is 0 Å². The van der Waals surface area contributed by atoms with Gasteiger partial charge in [-0.25, -0.2) is 4.98 Å². The van der Waals surface area contributed by atoms with Crippen LogP contribution in [0.3, 0.4) is 0 Å². The molecule has 4 rings (SSSR count). The first-order chi connectivity index (χ1) is 16.0. The Morgan fingerprint density at radius 2 is 1.56 bits per heavy atom. The maximum absolute atomic E-state index is 13.8. The van der Waals surface area contributed by atoms with Crippen molar-refractivity contribution >= 4 is 23.4 Å². The number of alkyl halides is 5. The molecule has 9 nitrogen and oxygen atoms in total. The molecule has 0 aliphatic rings. The normalized spacial score (nSPS) is 12.0. The van der Waals surface area contributed by atoms with Gasteiger partial charge in [-0.1, -0.05) is 6.07 Å². The molecule has 0 aliphatic carbocycles. The van der Waals surface area contributed by atoms with Crippen molar-refractivity contribution in [3.8, 4) is 11.5 Å². The Balaban J connectivity index is 1.76. The van der Waals surface area contributed by atoms with Gasteiger partial charge in [0.15, 0.2) is 5.82 Å². The molecule has 0 atom stereocenters. The molecule has 176 valence electrons. The molecule has 0 saturated heterocycles. The molecule has 0 unspecified atom stereocenters. The van der Waals surface area contributed by atoms with Crippen molar-refractivity contribution in [2.75, 3.05) is 10.6 Å². The first-order valence-electron chi connectivity index (χ1n) is 9.66. The molecule has 0 radical (unpaired) electrons. The topological polar surface area (TPSA) is 106 Å². The lowest BCUT2D eigenvalue weighted by molar-refractivity contribution is -0.141. The summed E-state index contributed by atoms with van der Waals surface area (Å²) < 4.78 is 68.1. The van der Waals surface area contributed by atoms with Crippen molar-refractivity contribution in [2.24, 2.45) is 7.05 Å². The SMILES string of the molecule is Cn1nccc1Nc1nc(Nc2ccnc(C(F)(F)F)c2)nc(-c2cccc(C(C)(F)F)n2)n1.